The summed E-state index contributed by atoms with van der Waals surface area (Å²) in [6, 6.07) is 6.52. The van der Waals surface area contributed by atoms with Crippen molar-refractivity contribution in [1.29, 1.82) is 0 Å². The number of amides is 3. The van der Waals surface area contributed by atoms with E-state index in [0.29, 0.717) is 32.6 Å². The maximum Gasteiger partial charge on any atom is 0.490 e. The summed E-state index contributed by atoms with van der Waals surface area (Å²) in [5, 5.41) is 10.1. The normalized spacial score (nSPS) is 21.4. The summed E-state index contributed by atoms with van der Waals surface area (Å²) in [6.07, 6.45) is -4.63. The van der Waals surface area contributed by atoms with Crippen molar-refractivity contribution in [1.82, 2.24) is 20.0 Å². The number of rotatable bonds is 3. The molecule has 12 heteroatoms. The lowest BCUT2D eigenvalue weighted by molar-refractivity contribution is -0.192. The van der Waals surface area contributed by atoms with Crippen LogP contribution in [0.25, 0.3) is 0 Å². The maximum atomic E-state index is 13.2. The maximum absolute atomic E-state index is 13.2. The SMILES string of the molecule is CC(C)NC(=O)N1CCN(Cc2ccc(F)cc2)CC2(CC(=O)N(C)C2)C1.O=C(O)C(F)(F)F. The van der Waals surface area contributed by atoms with Crippen LogP contribution in [-0.2, 0) is 16.1 Å². The number of alkyl halides is 3. The number of carboxylic acids is 1. The highest BCUT2D eigenvalue weighted by atomic mass is 19.4. The minimum atomic E-state index is -5.08. The molecule has 8 nitrogen and oxygen atoms in total. The Bertz CT molecular complexity index is 879. The molecule has 1 unspecified atom stereocenters. The third-order valence-corrected chi connectivity index (χ3v) is 5.56. The molecule has 3 rings (SSSR count). The second kappa shape index (κ2) is 11.0. The van der Waals surface area contributed by atoms with Gasteiger partial charge in [0.2, 0.25) is 5.91 Å². The van der Waals surface area contributed by atoms with Gasteiger partial charge in [-0.3, -0.25) is 9.69 Å². The lowest BCUT2D eigenvalue weighted by Crippen LogP contribution is -2.48. The Kier molecular flexibility index (Phi) is 8.87. The number of hydrogen-bond acceptors (Lipinski definition) is 4. The molecule has 3 amide bonds. The third-order valence-electron chi connectivity index (χ3n) is 5.56. The van der Waals surface area contributed by atoms with Gasteiger partial charge < -0.3 is 20.2 Å². The standard InChI is InChI=1S/C20H29FN4O2.C2HF3O2/c1-15(2)22-19(27)25-9-8-24(11-16-4-6-17(21)7-5-16)13-20(14-25)10-18(26)23(3)12-20;3-2(4,5)1(6)7/h4-7,15H,8-14H2,1-3H3,(H,22,27);(H,6,7). The highest BCUT2D eigenvalue weighted by molar-refractivity contribution is 5.80. The van der Waals surface area contributed by atoms with Crippen molar-refractivity contribution in [3.63, 3.8) is 0 Å². The van der Waals surface area contributed by atoms with Gasteiger partial charge in [-0.2, -0.15) is 13.2 Å². The molecule has 0 saturated carbocycles. The van der Waals surface area contributed by atoms with Gasteiger partial charge in [0.25, 0.3) is 0 Å². The molecule has 2 fully saturated rings. The zero-order valence-corrected chi connectivity index (χ0v) is 19.4. The average molecular weight is 490 g/mol. The highest BCUT2D eigenvalue weighted by Gasteiger charge is 2.46. The molecule has 1 aromatic rings. The van der Waals surface area contributed by atoms with E-state index in [4.69, 9.17) is 9.90 Å². The molecule has 0 bridgehead atoms. The van der Waals surface area contributed by atoms with Crippen LogP contribution in [0, 0.1) is 11.2 Å². The molecule has 190 valence electrons. The number of nitrogens with one attached hydrogen (secondary N) is 1. The summed E-state index contributed by atoms with van der Waals surface area (Å²) in [6.45, 7) is 7.87. The van der Waals surface area contributed by atoms with Crippen LogP contribution >= 0.6 is 0 Å². The first kappa shape index (κ1) is 27.4. The first-order valence-electron chi connectivity index (χ1n) is 10.8. The lowest BCUT2D eigenvalue weighted by Gasteiger charge is -2.33. The van der Waals surface area contributed by atoms with Crippen molar-refractivity contribution in [3.05, 3.63) is 35.6 Å². The van der Waals surface area contributed by atoms with Crippen molar-refractivity contribution >= 4 is 17.9 Å². The van der Waals surface area contributed by atoms with Gasteiger partial charge in [-0.15, -0.1) is 0 Å². The third kappa shape index (κ3) is 7.86. The van der Waals surface area contributed by atoms with Crippen LogP contribution in [0.3, 0.4) is 0 Å². The van der Waals surface area contributed by atoms with E-state index in [-0.39, 0.29) is 29.2 Å². The smallest absolute Gasteiger partial charge is 0.475 e. The van der Waals surface area contributed by atoms with Crippen LogP contribution < -0.4 is 5.32 Å². The molecule has 2 aliphatic rings. The molecule has 2 saturated heterocycles. The topological polar surface area (TPSA) is 93.2 Å². The molecular weight excluding hydrogens is 460 g/mol. The number of urea groups is 1. The van der Waals surface area contributed by atoms with E-state index in [2.05, 4.69) is 10.2 Å². The summed E-state index contributed by atoms with van der Waals surface area (Å²) in [4.78, 5) is 39.7. The van der Waals surface area contributed by atoms with E-state index < -0.39 is 12.1 Å². The average Bonchev–Trinajstić information content (AvgIpc) is 2.87. The Morgan fingerprint density at radius 3 is 2.18 bits per heavy atom. The van der Waals surface area contributed by atoms with Crippen LogP contribution in [0.5, 0.6) is 0 Å². The van der Waals surface area contributed by atoms with E-state index in [1.807, 2.05) is 25.8 Å². The van der Waals surface area contributed by atoms with Crippen molar-refractivity contribution in [3.8, 4) is 0 Å². The van der Waals surface area contributed by atoms with Gasteiger partial charge in [0.1, 0.15) is 5.82 Å². The van der Waals surface area contributed by atoms with Gasteiger partial charge in [0, 0.05) is 64.2 Å². The second-order valence-corrected chi connectivity index (χ2v) is 9.09. The molecule has 2 aliphatic heterocycles. The number of likely N-dealkylation sites (tertiary alicyclic amines) is 1. The number of nitrogens with zero attached hydrogens (tertiary/aromatic N) is 3. The summed E-state index contributed by atoms with van der Waals surface area (Å²) >= 11 is 0. The Balaban J connectivity index is 0.000000509. The number of hydrogen-bond donors (Lipinski definition) is 2. The molecule has 0 aromatic heterocycles. The Morgan fingerprint density at radius 1 is 1.12 bits per heavy atom. The van der Waals surface area contributed by atoms with Gasteiger partial charge in [0.05, 0.1) is 0 Å². The number of aliphatic carboxylic acids is 1. The zero-order chi connectivity index (χ0) is 25.7. The van der Waals surface area contributed by atoms with Crippen molar-refractivity contribution in [2.24, 2.45) is 5.41 Å². The monoisotopic (exact) mass is 490 g/mol. The quantitative estimate of drug-likeness (QED) is 0.636. The minimum absolute atomic E-state index is 0.0694. The van der Waals surface area contributed by atoms with E-state index in [1.54, 1.807) is 17.0 Å². The highest BCUT2D eigenvalue weighted by Crippen LogP contribution is 2.35. The minimum Gasteiger partial charge on any atom is -0.475 e. The fourth-order valence-corrected chi connectivity index (χ4v) is 4.16. The number of benzene rings is 1. The lowest BCUT2D eigenvalue weighted by atomic mass is 9.86. The number of carbonyl (C=O) groups is 3. The van der Waals surface area contributed by atoms with Gasteiger partial charge in [-0.25, -0.2) is 14.0 Å². The summed E-state index contributed by atoms with van der Waals surface area (Å²) in [7, 11) is 1.82. The molecule has 1 spiro atoms. The number of carboxylic acid groups (broad SMARTS) is 1. The predicted molar refractivity (Wildman–Crippen MR) is 115 cm³/mol. The summed E-state index contributed by atoms with van der Waals surface area (Å²) < 4.78 is 44.9. The predicted octanol–water partition coefficient (Wildman–Crippen LogP) is 2.54. The molecule has 1 atom stereocenters. The van der Waals surface area contributed by atoms with Crippen LogP contribution in [0.2, 0.25) is 0 Å². The van der Waals surface area contributed by atoms with Crippen molar-refractivity contribution in [2.45, 2.75) is 39.0 Å². The molecule has 2 N–H and O–H groups in total. The first-order chi connectivity index (χ1) is 15.7. The van der Waals surface area contributed by atoms with Gasteiger partial charge in [-0.1, -0.05) is 12.1 Å². The van der Waals surface area contributed by atoms with Crippen LogP contribution in [0.15, 0.2) is 24.3 Å². The molecule has 1 aromatic carbocycles. The van der Waals surface area contributed by atoms with Crippen LogP contribution in [0.1, 0.15) is 25.8 Å². The fourth-order valence-electron chi connectivity index (χ4n) is 4.16. The molecular formula is C22H30F4N4O4. The second-order valence-electron chi connectivity index (χ2n) is 9.09. The van der Waals surface area contributed by atoms with E-state index in [9.17, 15) is 27.2 Å². The van der Waals surface area contributed by atoms with Gasteiger partial charge >= 0.3 is 18.2 Å². The van der Waals surface area contributed by atoms with Crippen LogP contribution in [-0.4, -0.2) is 89.7 Å². The summed E-state index contributed by atoms with van der Waals surface area (Å²) in [5.74, 6) is -2.87. The molecule has 0 radical (unpaired) electrons. The summed E-state index contributed by atoms with van der Waals surface area (Å²) in [5.41, 5.74) is 0.765. The Morgan fingerprint density at radius 2 is 1.71 bits per heavy atom. The number of halogens is 4. The molecule has 0 aliphatic carbocycles. The molecule has 34 heavy (non-hydrogen) atoms. The van der Waals surface area contributed by atoms with E-state index in [1.165, 1.54) is 12.1 Å². The van der Waals surface area contributed by atoms with Crippen molar-refractivity contribution < 1.29 is 37.1 Å². The van der Waals surface area contributed by atoms with Crippen molar-refractivity contribution in [2.75, 3.05) is 39.8 Å². The largest absolute Gasteiger partial charge is 0.490 e. The van der Waals surface area contributed by atoms with E-state index >= 15 is 0 Å². The fraction of sp³-hybridized carbons (Fsp3) is 0.591. The number of carbonyl (C=O) groups excluding carboxylic acids is 2. The zero-order valence-electron chi connectivity index (χ0n) is 19.4. The van der Waals surface area contributed by atoms with Gasteiger partial charge in [0.15, 0.2) is 0 Å². The van der Waals surface area contributed by atoms with Crippen LogP contribution in [0.4, 0.5) is 22.4 Å². The Hall–Kier alpha value is -2.89. The van der Waals surface area contributed by atoms with Gasteiger partial charge in [-0.05, 0) is 31.5 Å². The Labute approximate surface area is 195 Å². The molecule has 2 heterocycles. The first-order valence-corrected chi connectivity index (χ1v) is 10.8. The van der Waals surface area contributed by atoms with E-state index in [0.717, 1.165) is 18.7 Å².